The maximum atomic E-state index is 12.4. The highest BCUT2D eigenvalue weighted by atomic mass is 16.5. The summed E-state index contributed by atoms with van der Waals surface area (Å²) >= 11 is 0. The van der Waals surface area contributed by atoms with Crippen LogP contribution < -0.4 is 10.2 Å². The maximum absolute atomic E-state index is 12.4. The van der Waals surface area contributed by atoms with E-state index in [-0.39, 0.29) is 30.5 Å². The molecule has 2 aromatic rings. The van der Waals surface area contributed by atoms with Gasteiger partial charge in [-0.25, -0.2) is 4.79 Å². The lowest BCUT2D eigenvalue weighted by molar-refractivity contribution is -0.122. The number of aromatic hydroxyl groups is 1. The summed E-state index contributed by atoms with van der Waals surface area (Å²) in [5, 5.41) is 12.0. The summed E-state index contributed by atoms with van der Waals surface area (Å²) in [4.78, 5) is 38.0. The van der Waals surface area contributed by atoms with E-state index in [1.165, 1.54) is 17.0 Å². The summed E-state index contributed by atoms with van der Waals surface area (Å²) in [6.07, 6.45) is 0.115. The molecule has 1 unspecified atom stereocenters. The molecule has 0 aromatic heterocycles. The predicted molar refractivity (Wildman–Crippen MR) is 99.6 cm³/mol. The van der Waals surface area contributed by atoms with Crippen molar-refractivity contribution >= 4 is 29.2 Å². The van der Waals surface area contributed by atoms with Crippen LogP contribution in [0.25, 0.3) is 0 Å². The van der Waals surface area contributed by atoms with E-state index >= 15 is 0 Å². The second-order valence-corrected chi connectivity index (χ2v) is 6.21. The average molecular weight is 368 g/mol. The van der Waals surface area contributed by atoms with Gasteiger partial charge in [0.1, 0.15) is 5.75 Å². The number of carbonyl (C=O) groups is 3. The third kappa shape index (κ3) is 4.25. The van der Waals surface area contributed by atoms with Gasteiger partial charge in [0, 0.05) is 24.3 Å². The number of amides is 2. The van der Waals surface area contributed by atoms with Crippen molar-refractivity contribution in [2.45, 2.75) is 13.3 Å². The van der Waals surface area contributed by atoms with Crippen molar-refractivity contribution in [3.63, 3.8) is 0 Å². The quantitative estimate of drug-likeness (QED) is 0.625. The molecule has 3 rings (SSSR count). The normalized spacial score (nSPS) is 16.3. The Balaban J connectivity index is 1.65. The van der Waals surface area contributed by atoms with Crippen molar-refractivity contribution in [1.82, 2.24) is 0 Å². The Hall–Kier alpha value is -3.35. The molecule has 1 fully saturated rings. The summed E-state index contributed by atoms with van der Waals surface area (Å²) in [5.74, 6) is -1.18. The van der Waals surface area contributed by atoms with Gasteiger partial charge in [0.25, 0.3) is 0 Å². The number of hydrogen-bond acceptors (Lipinski definition) is 5. The molecule has 1 saturated heterocycles. The highest BCUT2D eigenvalue weighted by Crippen LogP contribution is 2.26. The number of carbonyl (C=O) groups excluding carboxylic acids is 3. The monoisotopic (exact) mass is 368 g/mol. The van der Waals surface area contributed by atoms with E-state index in [0.29, 0.717) is 23.5 Å². The third-order valence-electron chi connectivity index (χ3n) is 4.32. The van der Waals surface area contributed by atoms with Crippen LogP contribution >= 0.6 is 0 Å². The Kier molecular flexibility index (Phi) is 5.40. The molecule has 7 heteroatoms. The lowest BCUT2D eigenvalue weighted by Crippen LogP contribution is -2.28. The number of anilines is 2. The molecule has 140 valence electrons. The van der Waals surface area contributed by atoms with E-state index in [4.69, 9.17) is 4.74 Å². The van der Waals surface area contributed by atoms with E-state index in [9.17, 15) is 19.5 Å². The number of nitrogens with zero attached hydrogens (tertiary/aromatic N) is 1. The molecule has 0 saturated carbocycles. The van der Waals surface area contributed by atoms with Crippen LogP contribution in [-0.4, -0.2) is 36.0 Å². The fourth-order valence-electron chi connectivity index (χ4n) is 2.91. The molecule has 1 heterocycles. The van der Waals surface area contributed by atoms with E-state index in [2.05, 4.69) is 5.32 Å². The fourth-order valence-corrected chi connectivity index (χ4v) is 2.91. The SMILES string of the molecule is CCOC(=O)c1ccc(N2CC(C(=O)Nc3ccc(O)cc3)CC2=O)cc1. The van der Waals surface area contributed by atoms with Crippen molar-refractivity contribution in [2.75, 3.05) is 23.4 Å². The van der Waals surface area contributed by atoms with Crippen LogP contribution in [0, 0.1) is 5.92 Å². The standard InChI is InChI=1S/C20H20N2O5/c1-2-27-20(26)13-3-7-16(8-4-13)22-12-14(11-18(22)24)19(25)21-15-5-9-17(23)10-6-15/h3-10,14,23H,2,11-12H2,1H3,(H,21,25). The molecular weight excluding hydrogens is 348 g/mol. The minimum Gasteiger partial charge on any atom is -0.508 e. The zero-order valence-corrected chi connectivity index (χ0v) is 14.8. The highest BCUT2D eigenvalue weighted by molar-refractivity contribution is 6.03. The van der Waals surface area contributed by atoms with Gasteiger partial charge in [0.05, 0.1) is 18.1 Å². The van der Waals surface area contributed by atoms with Gasteiger partial charge < -0.3 is 20.1 Å². The number of nitrogens with one attached hydrogen (secondary N) is 1. The van der Waals surface area contributed by atoms with E-state index in [1.54, 1.807) is 43.3 Å². The van der Waals surface area contributed by atoms with Gasteiger partial charge in [-0.15, -0.1) is 0 Å². The summed E-state index contributed by atoms with van der Waals surface area (Å²) in [6.45, 7) is 2.29. The van der Waals surface area contributed by atoms with E-state index in [0.717, 1.165) is 0 Å². The molecule has 1 atom stereocenters. The minimum atomic E-state index is -0.476. The zero-order valence-electron chi connectivity index (χ0n) is 14.8. The van der Waals surface area contributed by atoms with Gasteiger partial charge in [0.15, 0.2) is 0 Å². The van der Waals surface area contributed by atoms with Gasteiger partial charge in [-0.3, -0.25) is 9.59 Å². The van der Waals surface area contributed by atoms with E-state index in [1.807, 2.05) is 0 Å². The van der Waals surface area contributed by atoms with Crippen molar-refractivity contribution in [2.24, 2.45) is 5.92 Å². The largest absolute Gasteiger partial charge is 0.508 e. The number of phenols is 1. The second kappa shape index (κ2) is 7.90. The van der Waals surface area contributed by atoms with Crippen molar-refractivity contribution in [1.29, 1.82) is 0 Å². The first kappa shape index (κ1) is 18.4. The minimum absolute atomic E-state index is 0.112. The fraction of sp³-hybridized carbons (Fsp3) is 0.250. The number of rotatable bonds is 5. The Bertz CT molecular complexity index is 846. The van der Waals surface area contributed by atoms with Crippen LogP contribution in [0.4, 0.5) is 11.4 Å². The number of hydrogen-bond donors (Lipinski definition) is 2. The Morgan fingerprint density at radius 3 is 2.44 bits per heavy atom. The van der Waals surface area contributed by atoms with Crippen LogP contribution in [0.2, 0.25) is 0 Å². The summed E-state index contributed by atoms with van der Waals surface area (Å²) in [5.41, 5.74) is 1.60. The second-order valence-electron chi connectivity index (χ2n) is 6.21. The molecule has 2 N–H and O–H groups in total. The van der Waals surface area contributed by atoms with Crippen LogP contribution in [0.15, 0.2) is 48.5 Å². The highest BCUT2D eigenvalue weighted by Gasteiger charge is 2.35. The first-order chi connectivity index (χ1) is 13.0. The molecule has 1 aliphatic rings. The number of phenolic OH excluding ortho intramolecular Hbond substituents is 1. The molecule has 0 bridgehead atoms. The van der Waals surface area contributed by atoms with Crippen molar-refractivity contribution in [3.05, 3.63) is 54.1 Å². The van der Waals surface area contributed by atoms with Crippen LogP contribution in [-0.2, 0) is 14.3 Å². The smallest absolute Gasteiger partial charge is 0.338 e. The maximum Gasteiger partial charge on any atom is 0.338 e. The lowest BCUT2D eigenvalue weighted by atomic mass is 10.1. The van der Waals surface area contributed by atoms with Gasteiger partial charge in [-0.2, -0.15) is 0 Å². The van der Waals surface area contributed by atoms with Crippen molar-refractivity contribution in [3.8, 4) is 5.75 Å². The zero-order chi connectivity index (χ0) is 19.4. The molecule has 7 nitrogen and oxygen atoms in total. The number of esters is 1. The number of ether oxygens (including phenoxy) is 1. The first-order valence-corrected chi connectivity index (χ1v) is 8.65. The van der Waals surface area contributed by atoms with Gasteiger partial charge >= 0.3 is 5.97 Å². The summed E-state index contributed by atoms with van der Waals surface area (Å²) in [6, 6.07) is 12.7. The Labute approximate surface area is 156 Å². The molecule has 0 spiro atoms. The van der Waals surface area contributed by atoms with E-state index < -0.39 is 11.9 Å². The van der Waals surface area contributed by atoms with Crippen molar-refractivity contribution < 1.29 is 24.2 Å². The molecule has 2 aromatic carbocycles. The number of benzene rings is 2. The van der Waals surface area contributed by atoms with Crippen LogP contribution in [0.3, 0.4) is 0 Å². The molecule has 1 aliphatic heterocycles. The Morgan fingerprint density at radius 2 is 1.81 bits per heavy atom. The molecular formula is C20H20N2O5. The molecule has 27 heavy (non-hydrogen) atoms. The topological polar surface area (TPSA) is 95.9 Å². The molecule has 0 aliphatic carbocycles. The first-order valence-electron chi connectivity index (χ1n) is 8.65. The molecule has 2 amide bonds. The van der Waals surface area contributed by atoms with Gasteiger partial charge in [0.2, 0.25) is 11.8 Å². The van der Waals surface area contributed by atoms with Crippen LogP contribution in [0.1, 0.15) is 23.7 Å². The summed E-state index contributed by atoms with van der Waals surface area (Å²) < 4.78 is 4.94. The Morgan fingerprint density at radius 1 is 1.15 bits per heavy atom. The van der Waals surface area contributed by atoms with Crippen LogP contribution in [0.5, 0.6) is 5.75 Å². The average Bonchev–Trinajstić information content (AvgIpc) is 3.06. The predicted octanol–water partition coefficient (Wildman–Crippen LogP) is 2.56. The third-order valence-corrected chi connectivity index (χ3v) is 4.32. The summed E-state index contributed by atoms with van der Waals surface area (Å²) in [7, 11) is 0. The lowest BCUT2D eigenvalue weighted by Gasteiger charge is -2.17. The van der Waals surface area contributed by atoms with Gasteiger partial charge in [-0.05, 0) is 55.5 Å². The van der Waals surface area contributed by atoms with Gasteiger partial charge in [-0.1, -0.05) is 0 Å². The molecule has 0 radical (unpaired) electrons.